The van der Waals surface area contributed by atoms with Crippen LogP contribution in [0.2, 0.25) is 0 Å². The van der Waals surface area contributed by atoms with Gasteiger partial charge in [-0.05, 0) is 60.5 Å². The highest BCUT2D eigenvalue weighted by Gasteiger charge is 1.96. The van der Waals surface area contributed by atoms with Crippen molar-refractivity contribution in [2.75, 3.05) is 28.8 Å². The smallest absolute Gasteiger partial charge is 0.000884 e. The van der Waals surface area contributed by atoms with Gasteiger partial charge in [-0.3, -0.25) is 0 Å². The van der Waals surface area contributed by atoms with Gasteiger partial charge in [0, 0.05) is 5.75 Å². The zero-order valence-corrected chi connectivity index (χ0v) is 11.9. The largest absolute Gasteiger partial charge is 0.162 e. The summed E-state index contributed by atoms with van der Waals surface area (Å²) >= 11 is 6.04. The van der Waals surface area contributed by atoms with Gasteiger partial charge in [-0.15, -0.1) is 11.8 Å². The van der Waals surface area contributed by atoms with Crippen molar-refractivity contribution in [3.8, 4) is 0 Å². The summed E-state index contributed by atoms with van der Waals surface area (Å²) in [6, 6.07) is 0. The average Bonchev–Trinajstić information content (AvgIpc) is 3.09. The fourth-order valence-electron chi connectivity index (χ4n) is 1.36. The molecule has 88 valence electrons. The van der Waals surface area contributed by atoms with Crippen LogP contribution in [0.25, 0.3) is 0 Å². The standard InChI is InChI=1S/2C4H8S.C4H6S/c3*1-2-4-5-3-1/h2*1-4H2;1,3H,2,4H2. The van der Waals surface area contributed by atoms with Gasteiger partial charge in [0.2, 0.25) is 0 Å². The van der Waals surface area contributed by atoms with E-state index in [-0.39, 0.29) is 0 Å². The first-order valence-corrected chi connectivity index (χ1v) is 9.28. The van der Waals surface area contributed by atoms with Crippen LogP contribution in [0.3, 0.4) is 0 Å². The van der Waals surface area contributed by atoms with Crippen LogP contribution in [0, 0.1) is 0 Å². The van der Waals surface area contributed by atoms with Gasteiger partial charge >= 0.3 is 0 Å². The lowest BCUT2D eigenvalue weighted by Crippen LogP contribution is -1.58. The molecule has 0 spiro atoms. The molecule has 0 bridgehead atoms. The summed E-state index contributed by atoms with van der Waals surface area (Å²) < 4.78 is 0. The predicted molar refractivity (Wildman–Crippen MR) is 79.3 cm³/mol. The number of thioether (sulfide) groups is 3. The van der Waals surface area contributed by atoms with Gasteiger partial charge in [-0.2, -0.15) is 23.5 Å². The first-order chi connectivity index (χ1) is 7.50. The van der Waals surface area contributed by atoms with E-state index in [4.69, 9.17) is 0 Å². The van der Waals surface area contributed by atoms with Crippen molar-refractivity contribution in [2.45, 2.75) is 32.1 Å². The number of hydrogen-bond acceptors (Lipinski definition) is 3. The summed E-state index contributed by atoms with van der Waals surface area (Å²) in [5, 5.41) is 2.15. The van der Waals surface area contributed by atoms with E-state index in [1.807, 2.05) is 11.8 Å². The number of rotatable bonds is 0. The van der Waals surface area contributed by atoms with Crippen molar-refractivity contribution in [3.63, 3.8) is 0 Å². The van der Waals surface area contributed by atoms with Crippen LogP contribution in [-0.4, -0.2) is 28.8 Å². The minimum Gasteiger partial charge on any atom is -0.162 e. The highest BCUT2D eigenvalue weighted by molar-refractivity contribution is 8.02. The third kappa shape index (κ3) is 9.70. The van der Waals surface area contributed by atoms with Gasteiger partial charge in [0.25, 0.3) is 0 Å². The summed E-state index contributed by atoms with van der Waals surface area (Å²) in [5.74, 6) is 6.97. The second-order valence-electron chi connectivity index (χ2n) is 3.67. The second-order valence-corrected chi connectivity index (χ2v) is 7.13. The molecule has 3 rings (SSSR count). The van der Waals surface area contributed by atoms with Crippen molar-refractivity contribution >= 4 is 35.3 Å². The van der Waals surface area contributed by atoms with Gasteiger partial charge in [0.1, 0.15) is 0 Å². The van der Waals surface area contributed by atoms with E-state index >= 15 is 0 Å². The molecule has 0 aromatic rings. The van der Waals surface area contributed by atoms with E-state index in [2.05, 4.69) is 35.0 Å². The Hall–Kier alpha value is 0.790. The molecule has 2 fully saturated rings. The van der Waals surface area contributed by atoms with Crippen LogP contribution in [0.4, 0.5) is 0 Å². The van der Waals surface area contributed by atoms with Gasteiger partial charge in [-0.25, -0.2) is 0 Å². The molecule has 3 heterocycles. The lowest BCUT2D eigenvalue weighted by molar-refractivity contribution is 0.949. The fourth-order valence-corrected chi connectivity index (χ4v) is 4.08. The first-order valence-electron chi connectivity index (χ1n) is 5.92. The van der Waals surface area contributed by atoms with Crippen molar-refractivity contribution in [1.29, 1.82) is 0 Å². The highest BCUT2D eigenvalue weighted by Crippen LogP contribution is 2.15. The van der Waals surface area contributed by atoms with Crippen LogP contribution < -0.4 is 0 Å². The molecule has 0 saturated carbocycles. The van der Waals surface area contributed by atoms with E-state index < -0.39 is 0 Å². The van der Waals surface area contributed by atoms with Gasteiger partial charge in [0.15, 0.2) is 0 Å². The molecule has 0 aliphatic carbocycles. The monoisotopic (exact) mass is 262 g/mol. The third-order valence-electron chi connectivity index (χ3n) is 2.25. The number of hydrogen-bond donors (Lipinski definition) is 0. The molecule has 0 N–H and O–H groups in total. The minimum absolute atomic E-state index is 1.28. The normalized spacial score (nSPS) is 22.9. The Labute approximate surface area is 107 Å². The van der Waals surface area contributed by atoms with Crippen molar-refractivity contribution in [1.82, 2.24) is 0 Å². The van der Waals surface area contributed by atoms with Gasteiger partial charge in [0.05, 0.1) is 0 Å². The summed E-state index contributed by atoms with van der Waals surface area (Å²) in [7, 11) is 0. The van der Waals surface area contributed by atoms with Crippen LogP contribution in [0.5, 0.6) is 0 Å². The molecule has 2 saturated heterocycles. The van der Waals surface area contributed by atoms with Crippen LogP contribution >= 0.6 is 35.3 Å². The second kappa shape index (κ2) is 11.3. The molecule has 0 nitrogen and oxygen atoms in total. The molecule has 3 heteroatoms. The molecule has 3 aliphatic heterocycles. The maximum Gasteiger partial charge on any atom is 0.000884 e. The van der Waals surface area contributed by atoms with Gasteiger partial charge < -0.3 is 0 Å². The Morgan fingerprint density at radius 3 is 1.33 bits per heavy atom. The molecule has 0 aromatic heterocycles. The maximum atomic E-state index is 2.20. The summed E-state index contributed by atoms with van der Waals surface area (Å²) in [4.78, 5) is 0. The Morgan fingerprint density at radius 2 is 1.20 bits per heavy atom. The van der Waals surface area contributed by atoms with E-state index in [1.54, 1.807) is 0 Å². The fraction of sp³-hybridized carbons (Fsp3) is 0.833. The first kappa shape index (κ1) is 13.9. The molecule has 0 unspecified atom stereocenters. The molecular formula is C12H22S3. The topological polar surface area (TPSA) is 0 Å². The zero-order chi connectivity index (χ0) is 10.6. The van der Waals surface area contributed by atoms with Crippen LogP contribution in [-0.2, 0) is 0 Å². The lowest BCUT2D eigenvalue weighted by Gasteiger charge is -1.69. The summed E-state index contributed by atoms with van der Waals surface area (Å²) in [6.07, 6.45) is 9.33. The summed E-state index contributed by atoms with van der Waals surface area (Å²) in [6.45, 7) is 0. The summed E-state index contributed by atoms with van der Waals surface area (Å²) in [5.41, 5.74) is 0. The molecule has 0 atom stereocenters. The lowest BCUT2D eigenvalue weighted by atomic mass is 10.4. The molecule has 15 heavy (non-hydrogen) atoms. The average molecular weight is 263 g/mol. The quantitative estimate of drug-likeness (QED) is 0.623. The zero-order valence-electron chi connectivity index (χ0n) is 9.45. The predicted octanol–water partition coefficient (Wildman–Crippen LogP) is 4.66. The van der Waals surface area contributed by atoms with Gasteiger partial charge in [-0.1, -0.05) is 6.08 Å². The number of allylic oxidation sites excluding steroid dienone is 1. The molecule has 0 radical (unpaired) electrons. The van der Waals surface area contributed by atoms with Crippen molar-refractivity contribution in [2.24, 2.45) is 0 Å². The van der Waals surface area contributed by atoms with E-state index in [1.165, 1.54) is 60.9 Å². The van der Waals surface area contributed by atoms with E-state index in [0.717, 1.165) is 0 Å². The van der Waals surface area contributed by atoms with Crippen molar-refractivity contribution < 1.29 is 0 Å². The highest BCUT2D eigenvalue weighted by atomic mass is 32.2. The van der Waals surface area contributed by atoms with Crippen molar-refractivity contribution in [3.05, 3.63) is 11.5 Å². The molecular weight excluding hydrogens is 240 g/mol. The van der Waals surface area contributed by atoms with E-state index in [0.29, 0.717) is 0 Å². The third-order valence-corrected chi connectivity index (χ3v) is 5.42. The van der Waals surface area contributed by atoms with Crippen LogP contribution in [0.1, 0.15) is 32.1 Å². The van der Waals surface area contributed by atoms with Crippen LogP contribution in [0.15, 0.2) is 11.5 Å². The molecule has 3 aliphatic rings. The Morgan fingerprint density at radius 1 is 0.667 bits per heavy atom. The SMILES string of the molecule is C1=CSCC1.C1CCSC1.C1CCSC1. The Kier molecular flexibility index (Phi) is 10.4. The molecule has 0 amide bonds. The maximum absolute atomic E-state index is 2.20. The van der Waals surface area contributed by atoms with E-state index in [9.17, 15) is 0 Å². The Balaban J connectivity index is 0.000000112. The minimum atomic E-state index is 1.28. The molecule has 0 aromatic carbocycles. The Bertz CT molecular complexity index is 118.